The first-order valence-corrected chi connectivity index (χ1v) is 6.55. The van der Waals surface area contributed by atoms with Crippen LogP contribution < -0.4 is 0 Å². The van der Waals surface area contributed by atoms with Gasteiger partial charge >= 0.3 is 0 Å². The Morgan fingerprint density at radius 3 is 2.63 bits per heavy atom. The molecule has 1 aromatic heterocycles. The lowest BCUT2D eigenvalue weighted by Crippen LogP contribution is -2.40. The van der Waals surface area contributed by atoms with E-state index >= 15 is 0 Å². The van der Waals surface area contributed by atoms with E-state index in [1.165, 1.54) is 0 Å². The molecule has 0 spiro atoms. The molecule has 19 heavy (non-hydrogen) atoms. The van der Waals surface area contributed by atoms with E-state index in [0.29, 0.717) is 37.0 Å². The Kier molecular flexibility index (Phi) is 3.36. The molecule has 0 N–H and O–H groups in total. The maximum atomic E-state index is 12.5. The molecule has 0 unspecified atom stereocenters. The van der Waals surface area contributed by atoms with Gasteiger partial charge in [0.1, 0.15) is 5.15 Å². The minimum Gasteiger partial charge on any atom is -0.378 e. The first-order valence-electron chi connectivity index (χ1n) is 6.17. The van der Waals surface area contributed by atoms with Gasteiger partial charge in [0.2, 0.25) is 0 Å². The third-order valence-corrected chi connectivity index (χ3v) is 3.58. The standard InChI is InChI=1S/C14H13ClN2O2/c15-13-11-4-2-1-3-10(11)12(9-16-13)14(18)17-5-7-19-8-6-17/h1-4,9H,5-8H2. The maximum absolute atomic E-state index is 12.5. The highest BCUT2D eigenvalue weighted by atomic mass is 35.5. The summed E-state index contributed by atoms with van der Waals surface area (Å²) in [4.78, 5) is 18.4. The SMILES string of the molecule is O=C(c1cnc(Cl)c2ccccc12)N1CCOCC1. The van der Waals surface area contributed by atoms with Crippen LogP contribution in [0.1, 0.15) is 10.4 Å². The summed E-state index contributed by atoms with van der Waals surface area (Å²) in [5, 5.41) is 2.08. The van der Waals surface area contributed by atoms with Gasteiger partial charge in [-0.3, -0.25) is 4.79 Å². The molecule has 5 heteroatoms. The lowest BCUT2D eigenvalue weighted by Gasteiger charge is -2.27. The zero-order valence-corrected chi connectivity index (χ0v) is 11.1. The Balaban J connectivity index is 2.05. The van der Waals surface area contributed by atoms with E-state index in [1.54, 1.807) is 11.1 Å². The molecular formula is C14H13ClN2O2. The van der Waals surface area contributed by atoms with Crippen molar-refractivity contribution in [3.63, 3.8) is 0 Å². The van der Waals surface area contributed by atoms with E-state index in [2.05, 4.69) is 4.98 Å². The topological polar surface area (TPSA) is 42.4 Å². The van der Waals surface area contributed by atoms with E-state index in [0.717, 1.165) is 10.8 Å². The molecule has 1 fully saturated rings. The van der Waals surface area contributed by atoms with Gasteiger partial charge in [-0.1, -0.05) is 35.9 Å². The average molecular weight is 277 g/mol. The number of amides is 1. The molecule has 4 nitrogen and oxygen atoms in total. The first kappa shape index (κ1) is 12.4. The summed E-state index contributed by atoms with van der Waals surface area (Å²) in [6, 6.07) is 7.56. The molecule has 1 saturated heterocycles. The monoisotopic (exact) mass is 276 g/mol. The van der Waals surface area contributed by atoms with Crippen molar-refractivity contribution in [2.24, 2.45) is 0 Å². The van der Waals surface area contributed by atoms with Crippen LogP contribution in [0.5, 0.6) is 0 Å². The van der Waals surface area contributed by atoms with Crippen molar-refractivity contribution in [2.45, 2.75) is 0 Å². The van der Waals surface area contributed by atoms with Gasteiger partial charge in [0.25, 0.3) is 5.91 Å². The summed E-state index contributed by atoms with van der Waals surface area (Å²) in [5.74, 6) is -0.0105. The lowest BCUT2D eigenvalue weighted by atomic mass is 10.1. The van der Waals surface area contributed by atoms with Gasteiger partial charge in [0.15, 0.2) is 0 Å². The van der Waals surface area contributed by atoms with Crippen LogP contribution in [0.25, 0.3) is 10.8 Å². The second-order valence-electron chi connectivity index (χ2n) is 4.41. The van der Waals surface area contributed by atoms with Crippen molar-refractivity contribution in [3.05, 3.63) is 41.2 Å². The third kappa shape index (κ3) is 2.29. The quantitative estimate of drug-likeness (QED) is 0.751. The summed E-state index contributed by atoms with van der Waals surface area (Å²) < 4.78 is 5.26. The van der Waals surface area contributed by atoms with Crippen LogP contribution in [0.2, 0.25) is 5.15 Å². The van der Waals surface area contributed by atoms with Crippen molar-refractivity contribution in [3.8, 4) is 0 Å². The highest BCUT2D eigenvalue weighted by Crippen LogP contribution is 2.25. The highest BCUT2D eigenvalue weighted by molar-refractivity contribution is 6.34. The van der Waals surface area contributed by atoms with E-state index in [1.807, 2.05) is 24.3 Å². The summed E-state index contributed by atoms with van der Waals surface area (Å²) in [5.41, 5.74) is 0.599. The number of pyridine rings is 1. The Morgan fingerprint density at radius 2 is 1.89 bits per heavy atom. The van der Waals surface area contributed by atoms with Crippen molar-refractivity contribution in [2.75, 3.05) is 26.3 Å². The number of nitrogens with zero attached hydrogens (tertiary/aromatic N) is 2. The van der Waals surface area contributed by atoms with Crippen molar-refractivity contribution in [1.82, 2.24) is 9.88 Å². The van der Waals surface area contributed by atoms with E-state index in [4.69, 9.17) is 16.3 Å². The van der Waals surface area contributed by atoms with Gasteiger partial charge in [-0.15, -0.1) is 0 Å². The number of halogens is 1. The molecular weight excluding hydrogens is 264 g/mol. The Bertz CT molecular complexity index is 624. The molecule has 0 aliphatic carbocycles. The molecule has 0 radical (unpaired) electrons. The minimum absolute atomic E-state index is 0.0105. The number of benzene rings is 1. The van der Waals surface area contributed by atoms with Gasteiger partial charge in [-0.05, 0) is 5.39 Å². The molecule has 1 aliphatic rings. The number of rotatable bonds is 1. The molecule has 1 aliphatic heterocycles. The zero-order valence-electron chi connectivity index (χ0n) is 10.3. The van der Waals surface area contributed by atoms with Crippen LogP contribution in [0.4, 0.5) is 0 Å². The second-order valence-corrected chi connectivity index (χ2v) is 4.77. The number of hydrogen-bond donors (Lipinski definition) is 0. The maximum Gasteiger partial charge on any atom is 0.256 e. The van der Waals surface area contributed by atoms with E-state index in [9.17, 15) is 4.79 Å². The van der Waals surface area contributed by atoms with Crippen LogP contribution in [0.3, 0.4) is 0 Å². The summed E-state index contributed by atoms with van der Waals surface area (Å²) in [7, 11) is 0. The molecule has 3 rings (SSSR count). The molecule has 2 aromatic rings. The van der Waals surface area contributed by atoms with Crippen LogP contribution in [0.15, 0.2) is 30.5 Å². The predicted octanol–water partition coefficient (Wildman–Crippen LogP) is 2.36. The van der Waals surface area contributed by atoms with Gasteiger partial charge in [-0.25, -0.2) is 4.98 Å². The lowest BCUT2D eigenvalue weighted by molar-refractivity contribution is 0.0304. The van der Waals surface area contributed by atoms with Gasteiger partial charge < -0.3 is 9.64 Å². The predicted molar refractivity (Wildman–Crippen MR) is 73.5 cm³/mol. The summed E-state index contributed by atoms with van der Waals surface area (Å²) in [6.45, 7) is 2.42. The average Bonchev–Trinajstić information content (AvgIpc) is 2.48. The van der Waals surface area contributed by atoms with E-state index < -0.39 is 0 Å². The number of fused-ring (bicyclic) bond motifs is 1. The number of aromatic nitrogens is 1. The van der Waals surface area contributed by atoms with Crippen LogP contribution >= 0.6 is 11.6 Å². The highest BCUT2D eigenvalue weighted by Gasteiger charge is 2.21. The number of ether oxygens (including phenoxy) is 1. The van der Waals surface area contributed by atoms with Crippen LogP contribution in [-0.4, -0.2) is 42.1 Å². The van der Waals surface area contributed by atoms with Crippen LogP contribution in [-0.2, 0) is 4.74 Å². The van der Waals surface area contributed by atoms with Gasteiger partial charge in [0, 0.05) is 24.7 Å². The molecule has 0 saturated carbocycles. The second kappa shape index (κ2) is 5.15. The van der Waals surface area contributed by atoms with Crippen LogP contribution in [0, 0.1) is 0 Å². The smallest absolute Gasteiger partial charge is 0.256 e. The third-order valence-electron chi connectivity index (χ3n) is 3.28. The van der Waals surface area contributed by atoms with Crippen molar-refractivity contribution in [1.29, 1.82) is 0 Å². The minimum atomic E-state index is -0.0105. The zero-order chi connectivity index (χ0) is 13.2. The summed E-state index contributed by atoms with van der Waals surface area (Å²) in [6.07, 6.45) is 1.56. The summed E-state index contributed by atoms with van der Waals surface area (Å²) >= 11 is 6.06. The molecule has 2 heterocycles. The number of carbonyl (C=O) groups is 1. The molecule has 0 atom stereocenters. The molecule has 1 aromatic carbocycles. The van der Waals surface area contributed by atoms with Crippen molar-refractivity contribution >= 4 is 28.3 Å². The molecule has 98 valence electrons. The number of morpholine rings is 1. The Hall–Kier alpha value is -1.65. The fraction of sp³-hybridized carbons (Fsp3) is 0.286. The van der Waals surface area contributed by atoms with E-state index in [-0.39, 0.29) is 5.91 Å². The first-order chi connectivity index (χ1) is 9.27. The Morgan fingerprint density at radius 1 is 1.21 bits per heavy atom. The van der Waals surface area contributed by atoms with Gasteiger partial charge in [0.05, 0.1) is 18.8 Å². The van der Waals surface area contributed by atoms with Gasteiger partial charge in [-0.2, -0.15) is 0 Å². The fourth-order valence-corrected chi connectivity index (χ4v) is 2.48. The molecule has 1 amide bonds. The number of hydrogen-bond acceptors (Lipinski definition) is 3. The Labute approximate surface area is 115 Å². The normalized spacial score (nSPS) is 15.7. The molecule has 0 bridgehead atoms. The number of carbonyl (C=O) groups excluding carboxylic acids is 1. The fourth-order valence-electron chi connectivity index (χ4n) is 2.27. The van der Waals surface area contributed by atoms with Crippen molar-refractivity contribution < 1.29 is 9.53 Å². The largest absolute Gasteiger partial charge is 0.378 e.